The Balaban J connectivity index is 1.57. The molecule has 1 aliphatic rings. The zero-order chi connectivity index (χ0) is 17.6. The number of hydrogen-bond donors (Lipinski definition) is 1. The Hall–Kier alpha value is -3.51. The summed E-state index contributed by atoms with van der Waals surface area (Å²) in [4.78, 5) is 16.3. The van der Waals surface area contributed by atoms with E-state index in [1.807, 2.05) is 18.2 Å². The van der Waals surface area contributed by atoms with Crippen molar-refractivity contribution in [2.75, 3.05) is 36.4 Å². The normalized spacial score (nSPS) is 13.7. The number of carbonyl (C=O) groups is 1. The molecule has 0 radical (unpaired) electrons. The predicted molar refractivity (Wildman–Crippen MR) is 95.1 cm³/mol. The van der Waals surface area contributed by atoms with Crippen LogP contribution in [0.15, 0.2) is 48.5 Å². The highest BCUT2D eigenvalue weighted by atomic mass is 16.2. The van der Waals surface area contributed by atoms with Crippen molar-refractivity contribution >= 4 is 17.4 Å². The Kier molecular flexibility index (Phi) is 4.82. The van der Waals surface area contributed by atoms with Crippen LogP contribution in [-0.4, -0.2) is 37.1 Å². The van der Waals surface area contributed by atoms with E-state index < -0.39 is 0 Å². The Labute approximate surface area is 146 Å². The van der Waals surface area contributed by atoms with Crippen molar-refractivity contribution in [3.8, 4) is 12.1 Å². The topological polar surface area (TPSA) is 83.2 Å². The monoisotopic (exact) mass is 331 g/mol. The number of piperazine rings is 1. The molecule has 2 aromatic carbocycles. The number of nitrogens with zero attached hydrogens (tertiary/aromatic N) is 4. The summed E-state index contributed by atoms with van der Waals surface area (Å²) in [6, 6.07) is 18.4. The van der Waals surface area contributed by atoms with Gasteiger partial charge in [-0.2, -0.15) is 10.5 Å². The molecule has 3 rings (SSSR count). The third-order valence-corrected chi connectivity index (χ3v) is 4.17. The first-order valence-electron chi connectivity index (χ1n) is 8.01. The van der Waals surface area contributed by atoms with E-state index in [0.29, 0.717) is 29.9 Å². The number of carbonyl (C=O) groups excluding carboxylic acids is 1. The van der Waals surface area contributed by atoms with Gasteiger partial charge in [0.15, 0.2) is 0 Å². The van der Waals surface area contributed by atoms with Crippen molar-refractivity contribution in [2.45, 2.75) is 0 Å². The van der Waals surface area contributed by atoms with E-state index >= 15 is 0 Å². The van der Waals surface area contributed by atoms with Crippen LogP contribution >= 0.6 is 0 Å². The second-order valence-electron chi connectivity index (χ2n) is 5.76. The second kappa shape index (κ2) is 7.37. The second-order valence-corrected chi connectivity index (χ2v) is 5.76. The quantitative estimate of drug-likeness (QED) is 0.917. The molecule has 1 fully saturated rings. The molecule has 1 heterocycles. The number of anilines is 2. The van der Waals surface area contributed by atoms with Gasteiger partial charge in [0.25, 0.3) is 0 Å². The van der Waals surface area contributed by atoms with E-state index in [2.05, 4.69) is 22.4 Å². The van der Waals surface area contributed by atoms with Gasteiger partial charge >= 0.3 is 6.03 Å². The Morgan fingerprint density at radius 3 is 2.24 bits per heavy atom. The lowest BCUT2D eigenvalue weighted by Crippen LogP contribution is -2.50. The molecule has 0 atom stereocenters. The molecule has 0 saturated carbocycles. The lowest BCUT2D eigenvalue weighted by molar-refractivity contribution is 0.208. The van der Waals surface area contributed by atoms with Crippen LogP contribution in [0.4, 0.5) is 16.2 Å². The predicted octanol–water partition coefficient (Wildman–Crippen LogP) is 2.78. The minimum absolute atomic E-state index is 0.143. The summed E-state index contributed by atoms with van der Waals surface area (Å²) < 4.78 is 0. The molecule has 2 amide bonds. The van der Waals surface area contributed by atoms with E-state index in [0.717, 1.165) is 18.8 Å². The Morgan fingerprint density at radius 1 is 0.920 bits per heavy atom. The number of nitriles is 2. The van der Waals surface area contributed by atoms with Crippen LogP contribution in [0.3, 0.4) is 0 Å². The fourth-order valence-corrected chi connectivity index (χ4v) is 2.77. The fourth-order valence-electron chi connectivity index (χ4n) is 2.77. The minimum atomic E-state index is -0.143. The first kappa shape index (κ1) is 16.4. The standard InChI is InChI=1S/C19H17N5O/c20-13-15-4-6-17(7-5-15)22-19(25)24-10-8-23(9-11-24)18-3-1-2-16(12-18)14-21/h1-7,12H,8-11H2,(H,22,25). The van der Waals surface area contributed by atoms with E-state index in [4.69, 9.17) is 10.5 Å². The number of rotatable bonds is 2. The van der Waals surface area contributed by atoms with Gasteiger partial charge in [0.05, 0.1) is 23.3 Å². The van der Waals surface area contributed by atoms with Crippen molar-refractivity contribution < 1.29 is 4.79 Å². The van der Waals surface area contributed by atoms with Crippen LogP contribution in [0, 0.1) is 22.7 Å². The number of urea groups is 1. The van der Waals surface area contributed by atoms with Gasteiger partial charge in [-0.3, -0.25) is 0 Å². The SMILES string of the molecule is N#Cc1ccc(NC(=O)N2CCN(c3cccc(C#N)c3)CC2)cc1. The number of hydrogen-bond acceptors (Lipinski definition) is 4. The Morgan fingerprint density at radius 2 is 1.60 bits per heavy atom. The average Bonchev–Trinajstić information content (AvgIpc) is 2.68. The third-order valence-electron chi connectivity index (χ3n) is 4.17. The summed E-state index contributed by atoms with van der Waals surface area (Å²) in [7, 11) is 0. The molecule has 25 heavy (non-hydrogen) atoms. The largest absolute Gasteiger partial charge is 0.368 e. The molecular formula is C19H17N5O. The van der Waals surface area contributed by atoms with Crippen molar-refractivity contribution in [1.29, 1.82) is 10.5 Å². The van der Waals surface area contributed by atoms with Gasteiger partial charge in [-0.05, 0) is 42.5 Å². The first-order chi connectivity index (χ1) is 12.2. The first-order valence-corrected chi connectivity index (χ1v) is 8.01. The molecule has 124 valence electrons. The molecule has 0 unspecified atom stereocenters. The molecule has 2 aromatic rings. The van der Waals surface area contributed by atoms with Gasteiger partial charge in [0.1, 0.15) is 0 Å². The molecule has 0 bridgehead atoms. The van der Waals surface area contributed by atoms with Crippen molar-refractivity contribution in [2.24, 2.45) is 0 Å². The van der Waals surface area contributed by atoms with Crippen LogP contribution in [0.1, 0.15) is 11.1 Å². The number of amides is 2. The fraction of sp³-hybridized carbons (Fsp3) is 0.211. The van der Waals surface area contributed by atoms with E-state index in [-0.39, 0.29) is 6.03 Å². The summed E-state index contributed by atoms with van der Waals surface area (Å²) in [6.45, 7) is 2.66. The van der Waals surface area contributed by atoms with Crippen LogP contribution < -0.4 is 10.2 Å². The molecular weight excluding hydrogens is 314 g/mol. The van der Waals surface area contributed by atoms with Crippen LogP contribution in [-0.2, 0) is 0 Å². The van der Waals surface area contributed by atoms with Gasteiger partial charge in [0, 0.05) is 37.6 Å². The molecule has 0 aromatic heterocycles. The van der Waals surface area contributed by atoms with Crippen molar-refractivity contribution in [3.63, 3.8) is 0 Å². The molecule has 0 spiro atoms. The van der Waals surface area contributed by atoms with Crippen molar-refractivity contribution in [3.05, 3.63) is 59.7 Å². The maximum absolute atomic E-state index is 12.4. The van der Waals surface area contributed by atoms with Gasteiger partial charge in [0.2, 0.25) is 0 Å². The maximum atomic E-state index is 12.4. The van der Waals surface area contributed by atoms with E-state index in [1.54, 1.807) is 35.2 Å². The van der Waals surface area contributed by atoms with Gasteiger partial charge in [-0.25, -0.2) is 4.79 Å². The lowest BCUT2D eigenvalue weighted by atomic mass is 10.2. The highest BCUT2D eigenvalue weighted by molar-refractivity contribution is 5.89. The molecule has 1 aliphatic heterocycles. The minimum Gasteiger partial charge on any atom is -0.368 e. The summed E-state index contributed by atoms with van der Waals surface area (Å²) in [6.07, 6.45) is 0. The van der Waals surface area contributed by atoms with E-state index in [9.17, 15) is 4.79 Å². The third kappa shape index (κ3) is 3.88. The Bertz CT molecular complexity index is 839. The zero-order valence-electron chi connectivity index (χ0n) is 13.6. The maximum Gasteiger partial charge on any atom is 0.321 e. The van der Waals surface area contributed by atoms with Crippen molar-refractivity contribution in [1.82, 2.24) is 4.90 Å². The highest BCUT2D eigenvalue weighted by Crippen LogP contribution is 2.18. The molecule has 6 heteroatoms. The molecule has 6 nitrogen and oxygen atoms in total. The lowest BCUT2D eigenvalue weighted by Gasteiger charge is -2.36. The van der Waals surface area contributed by atoms with Crippen LogP contribution in [0.5, 0.6) is 0 Å². The average molecular weight is 331 g/mol. The molecule has 0 aliphatic carbocycles. The van der Waals surface area contributed by atoms with E-state index in [1.165, 1.54) is 0 Å². The summed E-state index contributed by atoms with van der Waals surface area (Å²) in [5.74, 6) is 0. The number of benzene rings is 2. The number of nitrogens with one attached hydrogen (secondary N) is 1. The smallest absolute Gasteiger partial charge is 0.321 e. The van der Waals surface area contributed by atoms with Crippen LogP contribution in [0.2, 0.25) is 0 Å². The summed E-state index contributed by atoms with van der Waals surface area (Å²) in [5.41, 5.74) is 2.88. The highest BCUT2D eigenvalue weighted by Gasteiger charge is 2.21. The summed E-state index contributed by atoms with van der Waals surface area (Å²) >= 11 is 0. The van der Waals surface area contributed by atoms with Gasteiger partial charge < -0.3 is 15.1 Å². The van der Waals surface area contributed by atoms with Crippen LogP contribution in [0.25, 0.3) is 0 Å². The van der Waals surface area contributed by atoms with Gasteiger partial charge in [-0.15, -0.1) is 0 Å². The molecule has 1 saturated heterocycles. The molecule has 1 N–H and O–H groups in total. The van der Waals surface area contributed by atoms with Gasteiger partial charge in [-0.1, -0.05) is 6.07 Å². The summed E-state index contributed by atoms with van der Waals surface area (Å²) in [5, 5.41) is 20.7. The zero-order valence-corrected chi connectivity index (χ0v) is 13.6.